The van der Waals surface area contributed by atoms with Crippen LogP contribution in [0, 0.1) is 0 Å². The Bertz CT molecular complexity index is 1030. The highest BCUT2D eigenvalue weighted by atomic mass is 16.3. The van der Waals surface area contributed by atoms with Crippen molar-refractivity contribution < 1.29 is 5.11 Å². The molecule has 0 radical (unpaired) electrons. The van der Waals surface area contributed by atoms with Gasteiger partial charge in [-0.1, -0.05) is 42.5 Å². The molecule has 1 N–H and O–H groups in total. The van der Waals surface area contributed by atoms with Crippen molar-refractivity contribution in [2.75, 3.05) is 0 Å². The molecule has 0 spiro atoms. The molecule has 2 aromatic rings. The van der Waals surface area contributed by atoms with E-state index >= 15 is 0 Å². The molecule has 0 unspecified atom stereocenters. The van der Waals surface area contributed by atoms with Crippen LogP contribution in [0.15, 0.2) is 53.3 Å². The second kappa shape index (κ2) is 3.70. The zero-order chi connectivity index (χ0) is 13.9. The lowest BCUT2D eigenvalue weighted by atomic mass is 9.98. The molecule has 96 valence electrons. The fourth-order valence-corrected chi connectivity index (χ4v) is 3.12. The first-order chi connectivity index (χ1) is 9.68. The number of rotatable bonds is 0. The number of hydrogen-bond acceptors (Lipinski definition) is 2. The molecule has 2 aliphatic rings. The number of aliphatic hydroxyl groups is 1. The molecule has 20 heavy (non-hydrogen) atoms. The van der Waals surface area contributed by atoms with Crippen LogP contribution in [0.5, 0.6) is 0 Å². The summed E-state index contributed by atoms with van der Waals surface area (Å²) in [6.07, 6.45) is 0. The molecule has 0 aromatic heterocycles. The minimum atomic E-state index is -0.0987. The van der Waals surface area contributed by atoms with E-state index in [0.29, 0.717) is 10.6 Å². The third-order valence-electron chi connectivity index (χ3n) is 4.01. The molecule has 0 heterocycles. The monoisotopic (exact) mass is 260 g/mol. The number of fused-ring (bicyclic) bond motifs is 3. The maximum absolute atomic E-state index is 12.5. The molecule has 0 amide bonds. The first-order valence-electron chi connectivity index (χ1n) is 6.58. The lowest BCUT2D eigenvalue weighted by molar-refractivity contribution is 0.498. The predicted octanol–water partition coefficient (Wildman–Crippen LogP) is 3.30. The lowest BCUT2D eigenvalue weighted by Gasteiger charge is -2.05. The van der Waals surface area contributed by atoms with Gasteiger partial charge in [0.25, 0.3) is 0 Å². The van der Waals surface area contributed by atoms with Crippen molar-refractivity contribution in [3.63, 3.8) is 0 Å². The van der Waals surface area contributed by atoms with Gasteiger partial charge in [0.05, 0.1) is 5.22 Å². The Labute approximate surface area is 115 Å². The van der Waals surface area contributed by atoms with Gasteiger partial charge < -0.3 is 5.11 Å². The van der Waals surface area contributed by atoms with Crippen LogP contribution < -0.4 is 10.6 Å². The fourth-order valence-electron chi connectivity index (χ4n) is 3.12. The Morgan fingerprint density at radius 1 is 0.900 bits per heavy atom. The highest BCUT2D eigenvalue weighted by molar-refractivity contribution is 6.21. The molecule has 0 aliphatic heterocycles. The summed E-state index contributed by atoms with van der Waals surface area (Å²) in [5.74, 6) is 0.0722. The van der Waals surface area contributed by atoms with Gasteiger partial charge in [0.2, 0.25) is 0 Å². The van der Waals surface area contributed by atoms with Crippen molar-refractivity contribution in [3.05, 3.63) is 64.0 Å². The molecule has 0 bridgehead atoms. The highest BCUT2D eigenvalue weighted by Gasteiger charge is 2.19. The molecular weight excluding hydrogens is 248 g/mol. The average Bonchev–Trinajstić information content (AvgIpc) is 2.78. The molecule has 0 saturated carbocycles. The summed E-state index contributed by atoms with van der Waals surface area (Å²) >= 11 is 0. The van der Waals surface area contributed by atoms with E-state index in [1.54, 1.807) is 6.92 Å². The highest BCUT2D eigenvalue weighted by Crippen LogP contribution is 2.41. The number of aliphatic hydroxyl groups excluding tert-OH is 1. The van der Waals surface area contributed by atoms with Crippen molar-refractivity contribution in [2.24, 2.45) is 0 Å². The SMILES string of the molecule is C/C(O)=c1\cc2c3ccccc3c3cccc(c3-2)c1=O. The van der Waals surface area contributed by atoms with Crippen LogP contribution in [0.4, 0.5) is 0 Å². The largest absolute Gasteiger partial charge is 0.512 e. The smallest absolute Gasteiger partial charge is 0.197 e. The van der Waals surface area contributed by atoms with Crippen molar-refractivity contribution in [2.45, 2.75) is 6.92 Å². The third-order valence-corrected chi connectivity index (χ3v) is 4.01. The summed E-state index contributed by atoms with van der Waals surface area (Å²) in [5, 5.41) is 14.2. The maximum Gasteiger partial charge on any atom is 0.197 e. The van der Waals surface area contributed by atoms with Crippen molar-refractivity contribution in [3.8, 4) is 11.1 Å². The van der Waals surface area contributed by atoms with Crippen LogP contribution >= 0.6 is 0 Å². The van der Waals surface area contributed by atoms with Crippen LogP contribution in [-0.4, -0.2) is 5.11 Å². The number of benzene rings is 3. The van der Waals surface area contributed by atoms with E-state index in [1.165, 1.54) is 0 Å². The summed E-state index contributed by atoms with van der Waals surface area (Å²) < 4.78 is 0. The predicted molar refractivity (Wildman–Crippen MR) is 82.5 cm³/mol. The fraction of sp³-hybridized carbons (Fsp3) is 0.0556. The first kappa shape index (κ1) is 11.2. The zero-order valence-corrected chi connectivity index (χ0v) is 11.0. The molecule has 4 rings (SSSR count). The van der Waals surface area contributed by atoms with Gasteiger partial charge >= 0.3 is 0 Å². The van der Waals surface area contributed by atoms with Gasteiger partial charge in [0.1, 0.15) is 5.76 Å². The Balaban J connectivity index is 2.47. The molecule has 0 atom stereocenters. The Morgan fingerprint density at radius 3 is 2.30 bits per heavy atom. The summed E-state index contributed by atoms with van der Waals surface area (Å²) in [6.45, 7) is 1.56. The molecule has 0 saturated heterocycles. The van der Waals surface area contributed by atoms with Gasteiger partial charge in [-0.3, -0.25) is 4.79 Å². The molecule has 2 nitrogen and oxygen atoms in total. The van der Waals surface area contributed by atoms with Crippen molar-refractivity contribution in [1.82, 2.24) is 0 Å². The second-order valence-electron chi connectivity index (χ2n) is 5.16. The van der Waals surface area contributed by atoms with E-state index in [1.807, 2.05) is 36.4 Å². The van der Waals surface area contributed by atoms with E-state index in [0.717, 1.165) is 27.3 Å². The van der Waals surface area contributed by atoms with Crippen LogP contribution in [0.1, 0.15) is 6.92 Å². The second-order valence-corrected chi connectivity index (χ2v) is 5.16. The van der Waals surface area contributed by atoms with Gasteiger partial charge in [0, 0.05) is 10.9 Å². The van der Waals surface area contributed by atoms with E-state index < -0.39 is 0 Å². The summed E-state index contributed by atoms with van der Waals surface area (Å²) in [4.78, 5) is 12.5. The van der Waals surface area contributed by atoms with Gasteiger partial charge in [-0.2, -0.15) is 0 Å². The Kier molecular flexibility index (Phi) is 2.08. The quantitative estimate of drug-likeness (QED) is 0.526. The minimum Gasteiger partial charge on any atom is -0.512 e. The van der Waals surface area contributed by atoms with Crippen LogP contribution in [0.3, 0.4) is 0 Å². The van der Waals surface area contributed by atoms with Gasteiger partial charge in [-0.05, 0) is 34.7 Å². The van der Waals surface area contributed by atoms with Gasteiger partial charge in [-0.15, -0.1) is 0 Å². The average molecular weight is 260 g/mol. The molecule has 2 aromatic carbocycles. The molecule has 2 aliphatic carbocycles. The van der Waals surface area contributed by atoms with Crippen LogP contribution in [0.2, 0.25) is 0 Å². The normalized spacial score (nSPS) is 13.4. The van der Waals surface area contributed by atoms with Gasteiger partial charge in [0.15, 0.2) is 5.43 Å². The molecular formula is C18H12O2. The standard InChI is InChI=1S/C18H12O2/c1-10(19)15-9-16-12-6-3-2-5-11(12)13-7-4-8-14(17(13)16)18(15)20/h2-9,19H,1H3/b15-10-. The Morgan fingerprint density at radius 2 is 1.55 bits per heavy atom. The number of hydrogen-bond donors (Lipinski definition) is 1. The van der Waals surface area contributed by atoms with Crippen LogP contribution in [0.25, 0.3) is 38.4 Å². The van der Waals surface area contributed by atoms with E-state index in [4.69, 9.17) is 0 Å². The van der Waals surface area contributed by atoms with Crippen LogP contribution in [-0.2, 0) is 0 Å². The first-order valence-corrected chi connectivity index (χ1v) is 6.58. The van der Waals surface area contributed by atoms with Crippen molar-refractivity contribution in [1.29, 1.82) is 0 Å². The van der Waals surface area contributed by atoms with E-state index in [-0.39, 0.29) is 11.2 Å². The molecule has 0 fully saturated rings. The summed E-state index contributed by atoms with van der Waals surface area (Å²) in [7, 11) is 0. The summed E-state index contributed by atoms with van der Waals surface area (Å²) in [6, 6.07) is 15.7. The zero-order valence-electron chi connectivity index (χ0n) is 11.0. The Hall–Kier alpha value is -2.61. The maximum atomic E-state index is 12.5. The lowest BCUT2D eigenvalue weighted by Crippen LogP contribution is -2.27. The van der Waals surface area contributed by atoms with Crippen molar-refractivity contribution >= 4 is 27.3 Å². The minimum absolute atomic E-state index is 0.0722. The topological polar surface area (TPSA) is 37.3 Å². The molecule has 2 heteroatoms. The van der Waals surface area contributed by atoms with E-state index in [9.17, 15) is 9.90 Å². The van der Waals surface area contributed by atoms with E-state index in [2.05, 4.69) is 12.1 Å². The van der Waals surface area contributed by atoms with Gasteiger partial charge in [-0.25, -0.2) is 0 Å². The third kappa shape index (κ3) is 1.26. The summed E-state index contributed by atoms with van der Waals surface area (Å²) in [5.41, 5.74) is 1.94.